The van der Waals surface area contributed by atoms with Crippen LogP contribution in [0.5, 0.6) is 0 Å². The van der Waals surface area contributed by atoms with Crippen LogP contribution in [0.3, 0.4) is 0 Å². The number of benzene rings is 4. The number of carbonyl (C=O) groups is 1. The number of hydrogen-bond donors (Lipinski definition) is 1. The van der Waals surface area contributed by atoms with Gasteiger partial charge < -0.3 is 17.5 Å². The van der Waals surface area contributed by atoms with Gasteiger partial charge in [-0.3, -0.25) is 4.79 Å². The Hall–Kier alpha value is -2.50. The van der Waals surface area contributed by atoms with Crippen molar-refractivity contribution in [1.82, 2.24) is 0 Å². The van der Waals surface area contributed by atoms with Crippen molar-refractivity contribution in [2.75, 3.05) is 0 Å². The van der Waals surface area contributed by atoms with Crippen LogP contribution in [0.4, 0.5) is 0 Å². The van der Waals surface area contributed by atoms with Crippen LogP contribution in [-0.4, -0.2) is 11.1 Å². The van der Waals surface area contributed by atoms with Gasteiger partial charge in [-0.05, 0) is 48.4 Å². The van der Waals surface area contributed by atoms with Crippen LogP contribution in [0.2, 0.25) is 0 Å². The number of halogens is 1. The minimum Gasteiger partial charge on any atom is -1.00 e. The minimum atomic E-state index is -1.78. The number of carboxylic acid groups (broad SMARTS) is 1. The summed E-state index contributed by atoms with van der Waals surface area (Å²) >= 11 is 0. The predicted molar refractivity (Wildman–Crippen MR) is 163 cm³/mol. The van der Waals surface area contributed by atoms with Gasteiger partial charge in [0, 0.05) is 6.42 Å². The zero-order valence-electron chi connectivity index (χ0n) is 21.7. The van der Waals surface area contributed by atoms with E-state index < -0.39 is 13.2 Å². The smallest absolute Gasteiger partial charge is 0.303 e. The van der Waals surface area contributed by atoms with Crippen LogP contribution >= 0.6 is 17.2 Å². The van der Waals surface area contributed by atoms with Crippen molar-refractivity contribution in [2.45, 2.75) is 45.2 Å². The fraction of sp³-hybridized carbons (Fsp3) is 0.219. The van der Waals surface area contributed by atoms with Gasteiger partial charge >= 0.3 is 5.97 Å². The second kappa shape index (κ2) is 17.9. The largest absolute Gasteiger partial charge is 1.00 e. The van der Waals surface area contributed by atoms with E-state index >= 15 is 0 Å². The molecular formula is C32H39ClO2P2. The van der Waals surface area contributed by atoms with Gasteiger partial charge in [-0.25, -0.2) is 0 Å². The molecule has 37 heavy (non-hydrogen) atoms. The summed E-state index contributed by atoms with van der Waals surface area (Å²) in [5.74, 6) is -0.675. The summed E-state index contributed by atoms with van der Waals surface area (Å²) in [7, 11) is -1.78. The zero-order valence-corrected chi connectivity index (χ0v) is 24.7. The highest BCUT2D eigenvalue weighted by Crippen LogP contribution is 2.58. The highest BCUT2D eigenvalue weighted by molar-refractivity contribution is 7.95. The van der Waals surface area contributed by atoms with Crippen LogP contribution < -0.4 is 28.3 Å². The van der Waals surface area contributed by atoms with E-state index in [4.69, 9.17) is 5.11 Å². The summed E-state index contributed by atoms with van der Waals surface area (Å²) < 4.78 is 0. The number of rotatable bonds is 10. The molecule has 0 amide bonds. The van der Waals surface area contributed by atoms with E-state index in [0.717, 1.165) is 25.4 Å². The topological polar surface area (TPSA) is 37.3 Å². The molecule has 1 atom stereocenters. The van der Waals surface area contributed by atoms with Crippen molar-refractivity contribution >= 4 is 39.0 Å². The molecule has 0 spiro atoms. The van der Waals surface area contributed by atoms with Crippen molar-refractivity contribution < 1.29 is 22.3 Å². The molecule has 1 unspecified atom stereocenters. The molecule has 196 valence electrons. The van der Waals surface area contributed by atoms with Crippen molar-refractivity contribution in [3.8, 4) is 0 Å². The van der Waals surface area contributed by atoms with Gasteiger partial charge in [-0.2, -0.15) is 9.90 Å². The molecule has 4 rings (SSSR count). The molecule has 0 bridgehead atoms. The predicted octanol–water partition coefficient (Wildman–Crippen LogP) is 4.28. The fourth-order valence-electron chi connectivity index (χ4n) is 4.33. The van der Waals surface area contributed by atoms with Gasteiger partial charge in [-0.15, -0.1) is 0 Å². The average Bonchev–Trinajstić information content (AvgIpc) is 2.92. The molecule has 1 N–H and O–H groups in total. The molecule has 0 aromatic heterocycles. The van der Waals surface area contributed by atoms with Crippen LogP contribution in [0.25, 0.3) is 0 Å². The van der Waals surface area contributed by atoms with E-state index in [1.54, 1.807) is 0 Å². The molecule has 0 aliphatic carbocycles. The average molecular weight is 553 g/mol. The summed E-state index contributed by atoms with van der Waals surface area (Å²) in [6, 6.07) is 44.0. The summed E-state index contributed by atoms with van der Waals surface area (Å²) in [6.07, 6.45) is 5.59. The van der Waals surface area contributed by atoms with Crippen molar-refractivity contribution in [3.05, 3.63) is 127 Å². The minimum absolute atomic E-state index is 0. The third-order valence-electron chi connectivity index (χ3n) is 6.10. The van der Waals surface area contributed by atoms with Gasteiger partial charge in [-0.1, -0.05) is 111 Å². The number of unbranched alkanes of at least 4 members (excludes halogenated alkanes) is 3. The lowest BCUT2D eigenvalue weighted by atomic mass is 10.2. The van der Waals surface area contributed by atoms with Gasteiger partial charge in [0.25, 0.3) is 0 Å². The molecule has 5 heteroatoms. The van der Waals surface area contributed by atoms with E-state index in [2.05, 4.69) is 128 Å². The summed E-state index contributed by atoms with van der Waals surface area (Å²) in [4.78, 5) is 9.96. The van der Waals surface area contributed by atoms with Crippen molar-refractivity contribution in [1.29, 1.82) is 0 Å². The normalized spacial score (nSPS) is 10.2. The third kappa shape index (κ3) is 9.71. The summed E-state index contributed by atoms with van der Waals surface area (Å²) in [5, 5.41) is 12.5. The molecular weight excluding hydrogens is 514 g/mol. The number of carboxylic acids is 1. The Balaban J connectivity index is 0.000000541. The Morgan fingerprint density at radius 2 is 1.00 bits per heavy atom. The van der Waals surface area contributed by atoms with Crippen LogP contribution in [0, 0.1) is 0 Å². The molecule has 0 aliphatic heterocycles. The first-order chi connectivity index (χ1) is 17.2. The van der Waals surface area contributed by atoms with Gasteiger partial charge in [0.1, 0.15) is 23.2 Å². The maximum Gasteiger partial charge on any atom is 0.303 e. The lowest BCUT2D eigenvalue weighted by Crippen LogP contribution is -3.00. The Morgan fingerprint density at radius 3 is 1.35 bits per heavy atom. The van der Waals surface area contributed by atoms with Crippen molar-refractivity contribution in [2.24, 2.45) is 0 Å². The Morgan fingerprint density at radius 1 is 0.622 bits per heavy atom. The maximum atomic E-state index is 9.96. The first-order valence-electron chi connectivity index (χ1n) is 12.5. The Bertz CT molecular complexity index is 1030. The quantitative estimate of drug-likeness (QED) is 0.235. The molecule has 0 radical (unpaired) electrons. The SMILES string of the molecule is CCCCCCC(=O)O.P.[Cl-].c1ccc(C[P+](c2ccccc2)(c2ccccc2)c2ccccc2)cc1. The highest BCUT2D eigenvalue weighted by Gasteiger charge is 2.45. The maximum absolute atomic E-state index is 9.96. The number of hydrogen-bond acceptors (Lipinski definition) is 1. The van der Waals surface area contributed by atoms with E-state index in [1.165, 1.54) is 27.9 Å². The second-order valence-corrected chi connectivity index (χ2v) is 12.1. The van der Waals surface area contributed by atoms with Crippen molar-refractivity contribution in [3.63, 3.8) is 0 Å². The van der Waals surface area contributed by atoms with E-state index in [1.807, 2.05) is 0 Å². The standard InChI is InChI=1S/C25H22P.C7H14O2.ClH.H3P/c1-5-13-22(14-6-1)21-26(23-15-7-2-8-16-23,24-17-9-3-10-18-24)25-19-11-4-12-20-25;1-2-3-4-5-6-7(8)9;;/h1-20H,21H2;2-6H2,1H3,(H,8,9);1H;1H3/q+1;;;/p-1. The lowest BCUT2D eigenvalue weighted by molar-refractivity contribution is -0.137. The second-order valence-electron chi connectivity index (χ2n) is 8.66. The van der Waals surface area contributed by atoms with Gasteiger partial charge in [0.2, 0.25) is 0 Å². The van der Waals surface area contributed by atoms with E-state index in [0.29, 0.717) is 6.42 Å². The fourth-order valence-corrected chi connectivity index (χ4v) is 8.57. The summed E-state index contributed by atoms with van der Waals surface area (Å²) in [6.45, 7) is 2.11. The van der Waals surface area contributed by atoms with Crippen LogP contribution in [-0.2, 0) is 11.0 Å². The molecule has 0 saturated carbocycles. The monoisotopic (exact) mass is 552 g/mol. The first kappa shape index (κ1) is 32.5. The lowest BCUT2D eigenvalue weighted by Gasteiger charge is -2.27. The van der Waals surface area contributed by atoms with Crippen LogP contribution in [0.15, 0.2) is 121 Å². The molecule has 2 nitrogen and oxygen atoms in total. The Kier molecular flexibility index (Phi) is 15.7. The molecule has 0 aliphatic rings. The summed E-state index contributed by atoms with van der Waals surface area (Å²) in [5.41, 5.74) is 1.39. The third-order valence-corrected chi connectivity index (χ3v) is 10.5. The molecule has 0 fully saturated rings. The Labute approximate surface area is 232 Å². The number of aliphatic carboxylic acids is 1. The zero-order chi connectivity index (χ0) is 24.8. The molecule has 0 saturated heterocycles. The van der Waals surface area contributed by atoms with Gasteiger partial charge in [0.15, 0.2) is 0 Å². The van der Waals surface area contributed by atoms with Gasteiger partial charge in [0.05, 0.1) is 6.16 Å². The molecule has 4 aromatic rings. The molecule has 4 aromatic carbocycles. The van der Waals surface area contributed by atoms with E-state index in [-0.39, 0.29) is 22.3 Å². The van der Waals surface area contributed by atoms with E-state index in [9.17, 15) is 4.79 Å². The molecule has 0 heterocycles. The van der Waals surface area contributed by atoms with Crippen LogP contribution in [0.1, 0.15) is 44.6 Å². The highest BCUT2D eigenvalue weighted by atomic mass is 35.5. The first-order valence-corrected chi connectivity index (χ1v) is 14.4.